The SMILES string of the molecule is CCCNC(C)c1ccc(N2CC3CCCC3C2)cc1Cl. The van der Waals surface area contributed by atoms with Crippen molar-refractivity contribution >= 4 is 17.3 Å². The first-order valence-corrected chi connectivity index (χ1v) is 8.84. The number of nitrogens with zero attached hydrogens (tertiary/aromatic N) is 1. The lowest BCUT2D eigenvalue weighted by Gasteiger charge is -2.22. The van der Waals surface area contributed by atoms with Crippen molar-refractivity contribution < 1.29 is 0 Å². The van der Waals surface area contributed by atoms with Gasteiger partial charge in [-0.25, -0.2) is 0 Å². The molecule has 2 nitrogen and oxygen atoms in total. The fourth-order valence-electron chi connectivity index (χ4n) is 3.98. The van der Waals surface area contributed by atoms with Gasteiger partial charge in [-0.2, -0.15) is 0 Å². The first-order valence-electron chi connectivity index (χ1n) is 8.46. The van der Waals surface area contributed by atoms with Crippen molar-refractivity contribution in [2.45, 2.75) is 45.6 Å². The maximum Gasteiger partial charge on any atom is 0.0474 e. The lowest BCUT2D eigenvalue weighted by atomic mass is 10.0. The summed E-state index contributed by atoms with van der Waals surface area (Å²) in [6.07, 6.45) is 5.43. The highest BCUT2D eigenvalue weighted by Gasteiger charge is 2.36. The molecule has 1 aromatic rings. The third-order valence-electron chi connectivity index (χ3n) is 5.24. The van der Waals surface area contributed by atoms with E-state index in [0.29, 0.717) is 6.04 Å². The van der Waals surface area contributed by atoms with Gasteiger partial charge in [-0.1, -0.05) is 31.0 Å². The van der Waals surface area contributed by atoms with E-state index in [1.54, 1.807) is 0 Å². The fourth-order valence-corrected chi connectivity index (χ4v) is 4.32. The van der Waals surface area contributed by atoms with Crippen LogP contribution in [-0.4, -0.2) is 19.6 Å². The van der Waals surface area contributed by atoms with E-state index in [-0.39, 0.29) is 0 Å². The Kier molecular flexibility index (Phi) is 4.75. The Morgan fingerprint density at radius 2 is 2.00 bits per heavy atom. The maximum atomic E-state index is 6.54. The first kappa shape index (κ1) is 15.2. The zero-order valence-electron chi connectivity index (χ0n) is 13.2. The lowest BCUT2D eigenvalue weighted by molar-refractivity contribution is 0.494. The van der Waals surface area contributed by atoms with Crippen LogP contribution < -0.4 is 10.2 Å². The van der Waals surface area contributed by atoms with Gasteiger partial charge in [-0.15, -0.1) is 0 Å². The number of halogens is 1. The van der Waals surface area contributed by atoms with Gasteiger partial charge in [0.05, 0.1) is 0 Å². The summed E-state index contributed by atoms with van der Waals surface area (Å²) in [5, 5.41) is 4.42. The van der Waals surface area contributed by atoms with Crippen molar-refractivity contribution in [1.29, 1.82) is 0 Å². The third kappa shape index (κ3) is 3.22. The molecule has 0 aromatic heterocycles. The molecule has 21 heavy (non-hydrogen) atoms. The van der Waals surface area contributed by atoms with Crippen LogP contribution in [0.1, 0.15) is 51.1 Å². The predicted molar refractivity (Wildman–Crippen MR) is 91.2 cm³/mol. The summed E-state index contributed by atoms with van der Waals surface area (Å²) in [4.78, 5) is 2.54. The van der Waals surface area contributed by atoms with Gasteiger partial charge >= 0.3 is 0 Å². The summed E-state index contributed by atoms with van der Waals surface area (Å²) in [6.45, 7) is 7.87. The molecule has 3 atom stereocenters. The molecule has 3 rings (SSSR count). The number of rotatable bonds is 5. The van der Waals surface area contributed by atoms with Crippen molar-refractivity contribution in [3.8, 4) is 0 Å². The molecular weight excluding hydrogens is 280 g/mol. The molecule has 1 N–H and O–H groups in total. The number of fused-ring (bicyclic) bond motifs is 1. The van der Waals surface area contributed by atoms with Crippen LogP contribution in [0.15, 0.2) is 18.2 Å². The molecule has 1 aliphatic carbocycles. The normalized spacial score (nSPS) is 26.1. The molecule has 2 aliphatic rings. The second-order valence-electron chi connectivity index (χ2n) is 6.74. The second-order valence-corrected chi connectivity index (χ2v) is 7.14. The molecule has 1 saturated carbocycles. The summed E-state index contributed by atoms with van der Waals surface area (Å²) in [6, 6.07) is 6.96. The minimum atomic E-state index is 0.324. The van der Waals surface area contributed by atoms with Crippen molar-refractivity contribution in [3.63, 3.8) is 0 Å². The summed E-state index contributed by atoms with van der Waals surface area (Å²) < 4.78 is 0. The first-order chi connectivity index (χ1) is 10.2. The van der Waals surface area contributed by atoms with Gasteiger partial charge in [-0.3, -0.25) is 0 Å². The van der Waals surface area contributed by atoms with Crippen molar-refractivity contribution in [2.24, 2.45) is 11.8 Å². The van der Waals surface area contributed by atoms with Gasteiger partial charge in [-0.05, 0) is 62.3 Å². The molecule has 2 fully saturated rings. The molecule has 3 heteroatoms. The molecule has 1 heterocycles. The molecule has 1 aliphatic heterocycles. The van der Waals surface area contributed by atoms with Crippen LogP contribution >= 0.6 is 11.6 Å². The van der Waals surface area contributed by atoms with E-state index in [4.69, 9.17) is 11.6 Å². The average Bonchev–Trinajstić information content (AvgIpc) is 3.05. The molecule has 116 valence electrons. The van der Waals surface area contributed by atoms with Crippen LogP contribution in [0.2, 0.25) is 5.02 Å². The van der Waals surface area contributed by atoms with E-state index in [0.717, 1.165) is 29.8 Å². The Balaban J connectivity index is 1.69. The van der Waals surface area contributed by atoms with E-state index < -0.39 is 0 Å². The molecule has 1 aromatic carbocycles. The van der Waals surface area contributed by atoms with Crippen LogP contribution in [0.4, 0.5) is 5.69 Å². The summed E-state index contributed by atoms with van der Waals surface area (Å²) in [5.74, 6) is 1.85. The predicted octanol–water partition coefficient (Wildman–Crippen LogP) is 4.64. The Bertz CT molecular complexity index is 476. The molecular formula is C18H27ClN2. The molecule has 3 unspecified atom stereocenters. The van der Waals surface area contributed by atoms with Crippen LogP contribution in [0.25, 0.3) is 0 Å². The Labute approximate surface area is 133 Å². The van der Waals surface area contributed by atoms with Crippen LogP contribution in [-0.2, 0) is 0 Å². The van der Waals surface area contributed by atoms with Crippen LogP contribution in [0.3, 0.4) is 0 Å². The quantitative estimate of drug-likeness (QED) is 0.852. The van der Waals surface area contributed by atoms with Crippen molar-refractivity contribution in [1.82, 2.24) is 5.32 Å². The molecule has 0 radical (unpaired) electrons. The van der Waals surface area contributed by atoms with E-state index in [9.17, 15) is 0 Å². The van der Waals surface area contributed by atoms with Gasteiger partial charge in [0.15, 0.2) is 0 Å². The fraction of sp³-hybridized carbons (Fsp3) is 0.667. The Morgan fingerprint density at radius 3 is 2.62 bits per heavy atom. The van der Waals surface area contributed by atoms with E-state index in [1.807, 2.05) is 0 Å². The van der Waals surface area contributed by atoms with E-state index in [1.165, 1.54) is 43.6 Å². The van der Waals surface area contributed by atoms with Crippen LogP contribution in [0, 0.1) is 11.8 Å². The van der Waals surface area contributed by atoms with Crippen molar-refractivity contribution in [2.75, 3.05) is 24.5 Å². The van der Waals surface area contributed by atoms with Crippen LogP contribution in [0.5, 0.6) is 0 Å². The standard InChI is InChI=1S/C18H27ClN2/c1-3-9-20-13(2)17-8-7-16(10-18(17)19)21-11-14-5-4-6-15(14)12-21/h7-8,10,13-15,20H,3-6,9,11-12H2,1-2H3. The smallest absolute Gasteiger partial charge is 0.0474 e. The largest absolute Gasteiger partial charge is 0.371 e. The van der Waals surface area contributed by atoms with E-state index >= 15 is 0 Å². The van der Waals surface area contributed by atoms with E-state index in [2.05, 4.69) is 42.3 Å². The van der Waals surface area contributed by atoms with Gasteiger partial charge in [0.2, 0.25) is 0 Å². The summed E-state index contributed by atoms with van der Waals surface area (Å²) in [5.41, 5.74) is 2.52. The average molecular weight is 307 g/mol. The van der Waals surface area contributed by atoms with Gasteiger partial charge in [0, 0.05) is 29.8 Å². The van der Waals surface area contributed by atoms with Gasteiger partial charge in [0.1, 0.15) is 0 Å². The molecule has 0 bridgehead atoms. The minimum absolute atomic E-state index is 0.324. The number of nitrogens with one attached hydrogen (secondary N) is 1. The highest BCUT2D eigenvalue weighted by Crippen LogP contribution is 2.40. The molecule has 1 saturated heterocycles. The second kappa shape index (κ2) is 6.58. The van der Waals surface area contributed by atoms with Gasteiger partial charge in [0.25, 0.3) is 0 Å². The summed E-state index contributed by atoms with van der Waals surface area (Å²) >= 11 is 6.54. The Hall–Kier alpha value is -0.730. The Morgan fingerprint density at radius 1 is 1.29 bits per heavy atom. The molecule has 0 amide bonds. The number of hydrogen-bond acceptors (Lipinski definition) is 2. The monoisotopic (exact) mass is 306 g/mol. The zero-order chi connectivity index (χ0) is 14.8. The topological polar surface area (TPSA) is 15.3 Å². The summed E-state index contributed by atoms with van der Waals surface area (Å²) in [7, 11) is 0. The zero-order valence-corrected chi connectivity index (χ0v) is 14.0. The number of anilines is 1. The minimum Gasteiger partial charge on any atom is -0.371 e. The van der Waals surface area contributed by atoms with Gasteiger partial charge < -0.3 is 10.2 Å². The number of benzene rings is 1. The molecule has 0 spiro atoms. The lowest BCUT2D eigenvalue weighted by Crippen LogP contribution is -2.22. The number of hydrogen-bond donors (Lipinski definition) is 1. The van der Waals surface area contributed by atoms with Crippen molar-refractivity contribution in [3.05, 3.63) is 28.8 Å². The highest BCUT2D eigenvalue weighted by molar-refractivity contribution is 6.31. The highest BCUT2D eigenvalue weighted by atomic mass is 35.5. The maximum absolute atomic E-state index is 6.54. The third-order valence-corrected chi connectivity index (χ3v) is 5.57.